The second-order valence-corrected chi connectivity index (χ2v) is 3.74. The smallest absolute Gasteiger partial charge is 0.407 e. The molecule has 1 unspecified atom stereocenters. The van der Waals surface area contributed by atoms with Gasteiger partial charge in [-0.15, -0.1) is 0 Å². The van der Waals surface area contributed by atoms with Crippen LogP contribution in [0, 0.1) is 0 Å². The lowest BCUT2D eigenvalue weighted by Crippen LogP contribution is -2.41. The summed E-state index contributed by atoms with van der Waals surface area (Å²) in [7, 11) is 4.75. The van der Waals surface area contributed by atoms with E-state index < -0.39 is 6.09 Å². The van der Waals surface area contributed by atoms with Gasteiger partial charge in [0.2, 0.25) is 0 Å². The number of likely N-dealkylation sites (tertiary alicyclic amines) is 1. The number of ether oxygens (including phenoxy) is 1. The van der Waals surface area contributed by atoms with Crippen LogP contribution in [0.15, 0.2) is 0 Å². The molecule has 1 rings (SSSR count). The summed E-state index contributed by atoms with van der Waals surface area (Å²) in [5.41, 5.74) is 0. The van der Waals surface area contributed by atoms with E-state index in [1.807, 2.05) is 0 Å². The fraction of sp³-hybridized carbons (Fsp3) is 0.778. The number of urea groups is 1. The van der Waals surface area contributed by atoms with E-state index in [1.165, 1.54) is 12.0 Å². The number of rotatable bonds is 1. The SMILES string of the molecule is COC(=O)NC1CCN(C(=O)N(C)C)C1. The van der Waals surface area contributed by atoms with Crippen LogP contribution in [0.4, 0.5) is 9.59 Å². The summed E-state index contributed by atoms with van der Waals surface area (Å²) >= 11 is 0. The van der Waals surface area contributed by atoms with Gasteiger partial charge in [-0.05, 0) is 6.42 Å². The van der Waals surface area contributed by atoms with Gasteiger partial charge in [-0.2, -0.15) is 0 Å². The lowest BCUT2D eigenvalue weighted by atomic mass is 10.3. The van der Waals surface area contributed by atoms with Crippen LogP contribution in [-0.4, -0.2) is 62.3 Å². The molecule has 0 aromatic heterocycles. The number of hydrogen-bond donors (Lipinski definition) is 1. The van der Waals surface area contributed by atoms with Crippen molar-refractivity contribution >= 4 is 12.1 Å². The van der Waals surface area contributed by atoms with Crippen LogP contribution in [-0.2, 0) is 4.74 Å². The molecular formula is C9H17N3O3. The van der Waals surface area contributed by atoms with Gasteiger partial charge in [0.05, 0.1) is 13.2 Å². The molecule has 1 aliphatic rings. The van der Waals surface area contributed by atoms with E-state index in [0.29, 0.717) is 13.1 Å². The van der Waals surface area contributed by atoms with E-state index in [1.54, 1.807) is 19.0 Å². The van der Waals surface area contributed by atoms with Crippen LogP contribution in [0.5, 0.6) is 0 Å². The van der Waals surface area contributed by atoms with E-state index in [-0.39, 0.29) is 12.1 Å². The van der Waals surface area contributed by atoms with Crippen molar-refractivity contribution in [1.82, 2.24) is 15.1 Å². The first kappa shape index (κ1) is 11.6. The number of nitrogens with zero attached hydrogens (tertiary/aromatic N) is 2. The predicted octanol–water partition coefficient (Wildman–Crippen LogP) is 0.0983. The van der Waals surface area contributed by atoms with Gasteiger partial charge in [-0.25, -0.2) is 9.59 Å². The van der Waals surface area contributed by atoms with Gasteiger partial charge in [0.1, 0.15) is 0 Å². The molecule has 0 aliphatic carbocycles. The summed E-state index contributed by atoms with van der Waals surface area (Å²) in [6, 6.07) is -0.0227. The Hall–Kier alpha value is -1.46. The van der Waals surface area contributed by atoms with Crippen LogP contribution in [0.2, 0.25) is 0 Å². The average Bonchev–Trinajstić information content (AvgIpc) is 2.64. The van der Waals surface area contributed by atoms with Crippen LogP contribution in [0.1, 0.15) is 6.42 Å². The normalized spacial score (nSPS) is 19.9. The van der Waals surface area contributed by atoms with Crippen molar-refractivity contribution in [3.8, 4) is 0 Å². The van der Waals surface area contributed by atoms with Crippen LogP contribution in [0.25, 0.3) is 0 Å². The van der Waals surface area contributed by atoms with Crippen molar-refractivity contribution in [2.24, 2.45) is 0 Å². The maximum absolute atomic E-state index is 11.6. The van der Waals surface area contributed by atoms with Crippen LogP contribution < -0.4 is 5.32 Å². The molecule has 0 bridgehead atoms. The van der Waals surface area contributed by atoms with Crippen LogP contribution in [0.3, 0.4) is 0 Å². The van der Waals surface area contributed by atoms with E-state index in [9.17, 15) is 9.59 Å². The summed E-state index contributed by atoms with van der Waals surface area (Å²) < 4.78 is 4.49. The minimum absolute atomic E-state index is 0.00125. The Morgan fingerprint density at radius 2 is 2.13 bits per heavy atom. The first-order chi connectivity index (χ1) is 7.04. The largest absolute Gasteiger partial charge is 0.453 e. The Kier molecular flexibility index (Phi) is 3.76. The highest BCUT2D eigenvalue weighted by Gasteiger charge is 2.28. The third kappa shape index (κ3) is 3.00. The van der Waals surface area contributed by atoms with E-state index >= 15 is 0 Å². The maximum atomic E-state index is 11.6. The van der Waals surface area contributed by atoms with Crippen molar-refractivity contribution < 1.29 is 14.3 Å². The van der Waals surface area contributed by atoms with Gasteiger partial charge in [0, 0.05) is 27.2 Å². The first-order valence-corrected chi connectivity index (χ1v) is 4.85. The summed E-state index contributed by atoms with van der Waals surface area (Å²) in [6.07, 6.45) is 0.327. The third-order valence-corrected chi connectivity index (χ3v) is 2.35. The molecule has 1 atom stereocenters. The summed E-state index contributed by atoms with van der Waals surface area (Å²) in [5.74, 6) is 0. The molecule has 6 heteroatoms. The fourth-order valence-corrected chi connectivity index (χ4v) is 1.56. The topological polar surface area (TPSA) is 61.9 Å². The molecule has 1 saturated heterocycles. The lowest BCUT2D eigenvalue weighted by Gasteiger charge is -2.21. The highest BCUT2D eigenvalue weighted by molar-refractivity contribution is 5.74. The molecular weight excluding hydrogens is 198 g/mol. The molecule has 1 N–H and O–H groups in total. The van der Waals surface area contributed by atoms with Crippen molar-refractivity contribution in [3.63, 3.8) is 0 Å². The van der Waals surface area contributed by atoms with E-state index in [2.05, 4.69) is 10.1 Å². The zero-order chi connectivity index (χ0) is 11.4. The number of nitrogens with one attached hydrogen (secondary N) is 1. The second-order valence-electron chi connectivity index (χ2n) is 3.74. The molecule has 6 nitrogen and oxygen atoms in total. The molecule has 0 spiro atoms. The summed E-state index contributed by atoms with van der Waals surface area (Å²) in [5, 5.41) is 2.68. The second kappa shape index (κ2) is 4.86. The van der Waals surface area contributed by atoms with Crippen molar-refractivity contribution in [2.45, 2.75) is 12.5 Å². The molecule has 1 heterocycles. The quantitative estimate of drug-likeness (QED) is 0.674. The molecule has 0 saturated carbocycles. The standard InChI is InChI=1S/C9H17N3O3/c1-11(2)9(14)12-5-4-7(6-12)10-8(13)15-3/h7H,4-6H2,1-3H3,(H,10,13). The highest BCUT2D eigenvalue weighted by Crippen LogP contribution is 2.10. The zero-order valence-electron chi connectivity index (χ0n) is 9.32. The minimum Gasteiger partial charge on any atom is -0.453 e. The van der Waals surface area contributed by atoms with Gasteiger partial charge >= 0.3 is 12.1 Å². The Labute approximate surface area is 89.2 Å². The van der Waals surface area contributed by atoms with Gasteiger partial charge in [0.25, 0.3) is 0 Å². The molecule has 3 amide bonds. The summed E-state index contributed by atoms with van der Waals surface area (Å²) in [4.78, 5) is 25.7. The van der Waals surface area contributed by atoms with Gasteiger partial charge in [-0.3, -0.25) is 0 Å². The molecule has 0 radical (unpaired) electrons. The van der Waals surface area contributed by atoms with Gasteiger partial charge in [0.15, 0.2) is 0 Å². The molecule has 86 valence electrons. The number of methoxy groups -OCH3 is 1. The monoisotopic (exact) mass is 215 g/mol. The Morgan fingerprint density at radius 3 is 2.67 bits per heavy atom. The van der Waals surface area contributed by atoms with Gasteiger partial charge in [-0.1, -0.05) is 0 Å². The van der Waals surface area contributed by atoms with E-state index in [0.717, 1.165) is 6.42 Å². The van der Waals surface area contributed by atoms with E-state index in [4.69, 9.17) is 0 Å². The summed E-state index contributed by atoms with van der Waals surface area (Å²) in [6.45, 7) is 1.22. The lowest BCUT2D eigenvalue weighted by molar-refractivity contribution is 0.164. The number of amides is 3. The molecule has 0 aromatic carbocycles. The number of hydrogen-bond acceptors (Lipinski definition) is 3. The first-order valence-electron chi connectivity index (χ1n) is 4.85. The number of carbonyl (C=O) groups is 2. The Balaban J connectivity index is 2.39. The zero-order valence-corrected chi connectivity index (χ0v) is 9.32. The maximum Gasteiger partial charge on any atom is 0.407 e. The van der Waals surface area contributed by atoms with Crippen molar-refractivity contribution in [2.75, 3.05) is 34.3 Å². The minimum atomic E-state index is -0.445. The fourth-order valence-electron chi connectivity index (χ4n) is 1.56. The Bertz CT molecular complexity index is 255. The molecule has 0 aromatic rings. The highest BCUT2D eigenvalue weighted by atomic mass is 16.5. The van der Waals surface area contributed by atoms with Crippen LogP contribution >= 0.6 is 0 Å². The predicted molar refractivity (Wildman–Crippen MR) is 54.6 cm³/mol. The van der Waals surface area contributed by atoms with Crippen molar-refractivity contribution in [1.29, 1.82) is 0 Å². The molecule has 1 fully saturated rings. The number of carbonyl (C=O) groups excluding carboxylic acids is 2. The van der Waals surface area contributed by atoms with Gasteiger partial charge < -0.3 is 19.9 Å². The number of alkyl carbamates (subject to hydrolysis) is 1. The Morgan fingerprint density at radius 1 is 1.47 bits per heavy atom. The molecule has 15 heavy (non-hydrogen) atoms. The molecule has 1 aliphatic heterocycles. The average molecular weight is 215 g/mol. The third-order valence-electron chi connectivity index (χ3n) is 2.35. The van der Waals surface area contributed by atoms with Crippen molar-refractivity contribution in [3.05, 3.63) is 0 Å².